The van der Waals surface area contributed by atoms with Gasteiger partial charge in [-0.3, -0.25) is 0 Å². The highest BCUT2D eigenvalue weighted by molar-refractivity contribution is 14.1. The first kappa shape index (κ1) is 9.66. The van der Waals surface area contributed by atoms with Crippen molar-refractivity contribution in [1.82, 2.24) is 0 Å². The van der Waals surface area contributed by atoms with Gasteiger partial charge in [0.05, 0.1) is 6.10 Å². The van der Waals surface area contributed by atoms with Crippen LogP contribution in [0.15, 0.2) is 0 Å². The highest BCUT2D eigenvalue weighted by Gasteiger charge is 2.40. The highest BCUT2D eigenvalue weighted by atomic mass is 127. The molecule has 4 nitrogen and oxygen atoms in total. The Morgan fingerprint density at radius 1 is 1.09 bits per heavy atom. The smallest absolute Gasteiger partial charge is 0.137 e. The zero-order valence-electron chi connectivity index (χ0n) is 6.01. The van der Waals surface area contributed by atoms with E-state index in [-0.39, 0.29) is 0 Å². The van der Waals surface area contributed by atoms with Crippen LogP contribution in [0.25, 0.3) is 0 Å². The molecule has 0 radical (unpaired) electrons. The van der Waals surface area contributed by atoms with Crippen molar-refractivity contribution in [3.63, 3.8) is 0 Å². The Morgan fingerprint density at radius 2 is 1.64 bits per heavy atom. The first-order chi connectivity index (χ1) is 5.04. The molecule has 0 aromatic heterocycles. The summed E-state index contributed by atoms with van der Waals surface area (Å²) in [4.78, 5) is 0. The highest BCUT2D eigenvalue weighted by Crippen LogP contribution is 2.24. The van der Waals surface area contributed by atoms with Crippen LogP contribution in [-0.2, 0) is 4.74 Å². The molecule has 11 heavy (non-hydrogen) atoms. The minimum Gasteiger partial charge on any atom is -0.388 e. The van der Waals surface area contributed by atoms with E-state index in [1.54, 1.807) is 6.92 Å². The second kappa shape index (κ2) is 3.53. The van der Waals surface area contributed by atoms with Gasteiger partial charge in [-0.05, 0) is 29.5 Å². The summed E-state index contributed by atoms with van der Waals surface area (Å²) < 4.78 is 4.66. The summed E-state index contributed by atoms with van der Waals surface area (Å²) in [5.41, 5.74) is 0. The van der Waals surface area contributed by atoms with Crippen LogP contribution in [0.4, 0.5) is 0 Å². The molecule has 0 aliphatic carbocycles. The Kier molecular flexibility index (Phi) is 3.10. The van der Waals surface area contributed by atoms with Gasteiger partial charge in [-0.15, -0.1) is 0 Å². The Morgan fingerprint density at radius 3 is 2.18 bits per heavy atom. The quantitative estimate of drug-likeness (QED) is 0.401. The number of hydrogen-bond acceptors (Lipinski definition) is 4. The van der Waals surface area contributed by atoms with Gasteiger partial charge < -0.3 is 20.1 Å². The molecule has 5 heteroatoms. The number of ether oxygens (including phenoxy) is 1. The van der Waals surface area contributed by atoms with E-state index < -0.39 is 28.5 Å². The third-order valence-corrected chi connectivity index (χ3v) is 2.82. The number of rotatable bonds is 0. The van der Waals surface area contributed by atoms with Gasteiger partial charge in [0, 0.05) is 0 Å². The van der Waals surface area contributed by atoms with Crippen LogP contribution in [0.5, 0.6) is 0 Å². The molecule has 0 aromatic carbocycles. The van der Waals surface area contributed by atoms with E-state index in [9.17, 15) is 15.3 Å². The molecule has 1 aliphatic heterocycles. The SMILES string of the molecule is CC1O[C@H](I)C(O)C(O)[C@H]1O. The van der Waals surface area contributed by atoms with Crippen molar-refractivity contribution in [2.75, 3.05) is 0 Å². The van der Waals surface area contributed by atoms with Gasteiger partial charge in [0.15, 0.2) is 0 Å². The molecule has 3 unspecified atom stereocenters. The Labute approximate surface area is 78.3 Å². The molecular weight excluding hydrogens is 263 g/mol. The summed E-state index contributed by atoms with van der Waals surface area (Å²) in [5.74, 6) is 0. The van der Waals surface area contributed by atoms with E-state index in [1.807, 2.05) is 22.6 Å². The molecule has 0 amide bonds. The van der Waals surface area contributed by atoms with Crippen molar-refractivity contribution in [3.8, 4) is 0 Å². The molecule has 0 bridgehead atoms. The number of aliphatic hydroxyl groups is 3. The van der Waals surface area contributed by atoms with Crippen molar-refractivity contribution in [1.29, 1.82) is 0 Å². The van der Waals surface area contributed by atoms with Gasteiger partial charge >= 0.3 is 0 Å². The molecular formula is C6H11IO4. The molecule has 0 saturated carbocycles. The predicted molar refractivity (Wildman–Crippen MR) is 46.4 cm³/mol. The molecule has 1 aliphatic rings. The minimum absolute atomic E-state index is 0.421. The molecule has 5 atom stereocenters. The zero-order valence-corrected chi connectivity index (χ0v) is 8.17. The van der Waals surface area contributed by atoms with E-state index in [2.05, 4.69) is 0 Å². The second-order valence-corrected chi connectivity index (χ2v) is 3.89. The fraction of sp³-hybridized carbons (Fsp3) is 1.00. The summed E-state index contributed by atoms with van der Waals surface area (Å²) >= 11 is 1.88. The van der Waals surface area contributed by atoms with Gasteiger partial charge in [0.2, 0.25) is 0 Å². The lowest BCUT2D eigenvalue weighted by Crippen LogP contribution is -2.54. The fourth-order valence-electron chi connectivity index (χ4n) is 1.00. The molecule has 0 aromatic rings. The van der Waals surface area contributed by atoms with Gasteiger partial charge in [-0.1, -0.05) is 0 Å². The lowest BCUT2D eigenvalue weighted by molar-refractivity contribution is -0.187. The van der Waals surface area contributed by atoms with Crippen molar-refractivity contribution < 1.29 is 20.1 Å². The van der Waals surface area contributed by atoms with E-state index in [1.165, 1.54) is 0 Å². The number of halogens is 1. The van der Waals surface area contributed by atoms with Crippen LogP contribution in [0, 0.1) is 0 Å². The lowest BCUT2D eigenvalue weighted by atomic mass is 10.0. The number of aliphatic hydroxyl groups excluding tert-OH is 3. The van der Waals surface area contributed by atoms with E-state index >= 15 is 0 Å². The molecule has 1 fully saturated rings. The average Bonchev–Trinajstić information content (AvgIpc) is 1.97. The third-order valence-electron chi connectivity index (χ3n) is 1.79. The van der Waals surface area contributed by atoms with Crippen molar-refractivity contribution >= 4 is 22.6 Å². The van der Waals surface area contributed by atoms with Gasteiger partial charge in [-0.2, -0.15) is 0 Å². The van der Waals surface area contributed by atoms with Crippen molar-refractivity contribution in [2.45, 2.75) is 35.5 Å². The van der Waals surface area contributed by atoms with Gasteiger partial charge in [-0.25, -0.2) is 0 Å². The Hall–Kier alpha value is 0.570. The molecule has 1 rings (SSSR count). The van der Waals surface area contributed by atoms with Crippen molar-refractivity contribution in [2.24, 2.45) is 0 Å². The molecule has 1 saturated heterocycles. The molecule has 0 spiro atoms. The van der Waals surface area contributed by atoms with E-state index in [0.717, 1.165) is 0 Å². The standard InChI is InChI=1S/C6H11IO4/c1-2-3(8)4(9)5(10)6(7)11-2/h2-6,8-10H,1H3/t2?,3-,4?,5?,6-/m0/s1. The van der Waals surface area contributed by atoms with Gasteiger partial charge in [0.1, 0.15) is 22.4 Å². The van der Waals surface area contributed by atoms with Crippen LogP contribution in [0.3, 0.4) is 0 Å². The second-order valence-electron chi connectivity index (χ2n) is 2.66. The van der Waals surface area contributed by atoms with E-state index in [0.29, 0.717) is 0 Å². The Balaban J connectivity index is 2.63. The first-order valence-corrected chi connectivity index (χ1v) is 4.62. The monoisotopic (exact) mass is 274 g/mol. The summed E-state index contributed by atoms with van der Waals surface area (Å²) in [5, 5.41) is 27.6. The summed E-state index contributed by atoms with van der Waals surface area (Å²) in [6, 6.07) is 0. The molecule has 3 N–H and O–H groups in total. The van der Waals surface area contributed by atoms with Crippen LogP contribution >= 0.6 is 22.6 Å². The largest absolute Gasteiger partial charge is 0.388 e. The van der Waals surface area contributed by atoms with Crippen LogP contribution in [0.1, 0.15) is 6.92 Å². The molecule has 66 valence electrons. The average molecular weight is 274 g/mol. The van der Waals surface area contributed by atoms with Crippen LogP contribution in [-0.4, -0.2) is 43.8 Å². The molecule has 1 heterocycles. The maximum atomic E-state index is 9.20. The number of hydrogen-bond donors (Lipinski definition) is 3. The van der Waals surface area contributed by atoms with Crippen LogP contribution < -0.4 is 0 Å². The third kappa shape index (κ3) is 1.83. The minimum atomic E-state index is -1.10. The van der Waals surface area contributed by atoms with Crippen LogP contribution in [0.2, 0.25) is 0 Å². The van der Waals surface area contributed by atoms with Gasteiger partial charge in [0.25, 0.3) is 0 Å². The zero-order chi connectivity index (χ0) is 8.59. The first-order valence-electron chi connectivity index (χ1n) is 3.37. The van der Waals surface area contributed by atoms with E-state index in [4.69, 9.17) is 4.74 Å². The maximum Gasteiger partial charge on any atom is 0.137 e. The van der Waals surface area contributed by atoms with Crippen molar-refractivity contribution in [3.05, 3.63) is 0 Å². The summed E-state index contributed by atoms with van der Waals surface area (Å²) in [6.45, 7) is 1.66. The summed E-state index contributed by atoms with van der Waals surface area (Å²) in [6.07, 6.45) is -3.51. The summed E-state index contributed by atoms with van der Waals surface area (Å²) in [7, 11) is 0. The maximum absolute atomic E-state index is 9.20. The lowest BCUT2D eigenvalue weighted by Gasteiger charge is -2.36. The topological polar surface area (TPSA) is 69.9 Å². The predicted octanol–water partition coefficient (Wildman–Crippen LogP) is -0.751. The Bertz CT molecular complexity index is 129. The number of alkyl halides is 1. The normalized spacial score (nSPS) is 52.6. The fourth-order valence-corrected chi connectivity index (χ4v) is 1.89.